The minimum absolute atomic E-state index is 0.213. The Morgan fingerprint density at radius 3 is 2.54 bits per heavy atom. The van der Waals surface area contributed by atoms with Crippen LogP contribution in [0.5, 0.6) is 0 Å². The van der Waals surface area contributed by atoms with Gasteiger partial charge in [0.1, 0.15) is 0 Å². The molecule has 0 spiro atoms. The molecule has 7 heteroatoms. The number of hydrogen-bond acceptors (Lipinski definition) is 2. The Bertz CT molecular complexity index is 881. The van der Waals surface area contributed by atoms with Crippen LogP contribution < -0.4 is 0 Å². The van der Waals surface area contributed by atoms with Gasteiger partial charge in [0.15, 0.2) is 0 Å². The molecule has 2 saturated heterocycles. The summed E-state index contributed by atoms with van der Waals surface area (Å²) >= 11 is 0. The fourth-order valence-corrected chi connectivity index (χ4v) is 4.22. The lowest BCUT2D eigenvalue weighted by Gasteiger charge is -2.33. The van der Waals surface area contributed by atoms with Crippen molar-refractivity contribution < 1.29 is 14.2 Å². The van der Waals surface area contributed by atoms with E-state index in [-0.39, 0.29) is 11.9 Å². The molecule has 7 nitrogen and oxygen atoms in total. The van der Waals surface area contributed by atoms with Gasteiger partial charge in [-0.15, -0.1) is 0 Å². The molecule has 1 unspecified atom stereocenters. The summed E-state index contributed by atoms with van der Waals surface area (Å²) in [7, 11) is 3.24. The van der Waals surface area contributed by atoms with Crippen LogP contribution >= 0.6 is 0 Å². The molecular weight excluding hydrogens is 354 g/mol. The number of guanidine groups is 1. The van der Waals surface area contributed by atoms with E-state index in [4.69, 9.17) is 4.99 Å². The topological polar surface area (TPSA) is 59.2 Å². The van der Waals surface area contributed by atoms with Crippen molar-refractivity contribution in [1.82, 2.24) is 14.7 Å². The predicted molar refractivity (Wildman–Crippen MR) is 107 cm³/mol. The first-order valence-corrected chi connectivity index (χ1v) is 9.94. The Labute approximate surface area is 165 Å². The van der Waals surface area contributed by atoms with Crippen LogP contribution in [0.2, 0.25) is 0 Å². The molecule has 1 aromatic rings. The molecular formula is C21H28N5O2+. The maximum absolute atomic E-state index is 13.0. The predicted octanol–water partition coefficient (Wildman–Crippen LogP) is 1.90. The van der Waals surface area contributed by atoms with E-state index in [1.807, 2.05) is 6.07 Å². The quantitative estimate of drug-likeness (QED) is 0.734. The Hall–Kier alpha value is -2.70. The van der Waals surface area contributed by atoms with Crippen LogP contribution in [-0.2, 0) is 11.3 Å². The summed E-state index contributed by atoms with van der Waals surface area (Å²) in [4.78, 5) is 35.1. The number of aliphatic imine (C=N–C) groups is 1. The zero-order valence-corrected chi connectivity index (χ0v) is 17.1. The number of hydrogen-bond donors (Lipinski definition) is 0. The van der Waals surface area contributed by atoms with Crippen molar-refractivity contribution in [3.05, 3.63) is 35.4 Å². The average molecular weight is 382 g/mol. The number of piperidine rings is 1. The molecule has 3 amide bonds. The SMILES string of the molecule is Cc1cccc(CN2C(=[N+]3CCC(C)CC3)N=C3C2C(=O)N(C)C(=O)N3C)c1. The highest BCUT2D eigenvalue weighted by molar-refractivity contribution is 6.25. The maximum Gasteiger partial charge on any atom is 0.392 e. The molecule has 0 bridgehead atoms. The van der Waals surface area contributed by atoms with Gasteiger partial charge in [-0.2, -0.15) is 0 Å². The number of amidine groups is 1. The first kappa shape index (κ1) is 18.7. The van der Waals surface area contributed by atoms with Gasteiger partial charge in [-0.05, 0) is 31.2 Å². The van der Waals surface area contributed by atoms with Gasteiger partial charge in [0.05, 0.1) is 19.6 Å². The number of rotatable bonds is 2. The van der Waals surface area contributed by atoms with Gasteiger partial charge in [-0.1, -0.05) is 41.7 Å². The first-order chi connectivity index (χ1) is 13.4. The summed E-state index contributed by atoms with van der Waals surface area (Å²) in [6.07, 6.45) is 2.22. The number of carbonyl (C=O) groups excluding carboxylic acids is 2. The fourth-order valence-electron chi connectivity index (χ4n) is 4.22. The summed E-state index contributed by atoms with van der Waals surface area (Å²) in [6.45, 7) is 6.77. The molecule has 0 aromatic heterocycles. The maximum atomic E-state index is 13.0. The summed E-state index contributed by atoms with van der Waals surface area (Å²) < 4.78 is 2.27. The molecule has 0 N–H and O–H groups in total. The highest BCUT2D eigenvalue weighted by atomic mass is 16.2. The van der Waals surface area contributed by atoms with Crippen LogP contribution in [0.15, 0.2) is 29.3 Å². The minimum Gasteiger partial charge on any atom is -0.270 e. The molecule has 1 atom stereocenters. The second kappa shape index (κ2) is 7.04. The van der Waals surface area contributed by atoms with Crippen molar-refractivity contribution in [2.24, 2.45) is 10.9 Å². The molecule has 3 aliphatic heterocycles. The van der Waals surface area contributed by atoms with Crippen LogP contribution in [0, 0.1) is 12.8 Å². The van der Waals surface area contributed by atoms with Crippen molar-refractivity contribution in [2.45, 2.75) is 39.3 Å². The highest BCUT2D eigenvalue weighted by Gasteiger charge is 2.55. The molecule has 0 radical (unpaired) electrons. The number of carbonyl (C=O) groups is 2. The molecule has 3 aliphatic rings. The third-order valence-electron chi connectivity index (χ3n) is 6.01. The summed E-state index contributed by atoms with van der Waals surface area (Å²) in [6, 6.07) is 7.44. The van der Waals surface area contributed by atoms with Crippen molar-refractivity contribution in [1.29, 1.82) is 0 Å². The number of imide groups is 1. The van der Waals surface area contributed by atoms with Gasteiger partial charge < -0.3 is 0 Å². The van der Waals surface area contributed by atoms with E-state index in [2.05, 4.69) is 41.5 Å². The lowest BCUT2D eigenvalue weighted by Crippen LogP contribution is -2.62. The molecule has 148 valence electrons. The Kier molecular flexibility index (Phi) is 4.69. The van der Waals surface area contributed by atoms with E-state index < -0.39 is 6.04 Å². The number of benzene rings is 1. The normalized spacial score (nSPS) is 25.4. The second-order valence-corrected chi connectivity index (χ2v) is 8.20. The van der Waals surface area contributed by atoms with Crippen LogP contribution in [0.25, 0.3) is 0 Å². The number of likely N-dealkylation sites (N-methyl/N-ethyl adjacent to an activating group) is 2. The number of fused-ring (bicyclic) bond motifs is 1. The van der Waals surface area contributed by atoms with Crippen LogP contribution in [0.3, 0.4) is 0 Å². The smallest absolute Gasteiger partial charge is 0.270 e. The summed E-state index contributed by atoms with van der Waals surface area (Å²) in [5.41, 5.74) is 2.32. The largest absolute Gasteiger partial charge is 0.392 e. The molecule has 2 fully saturated rings. The molecule has 3 heterocycles. The van der Waals surface area contributed by atoms with E-state index in [0.717, 1.165) is 37.5 Å². The van der Waals surface area contributed by atoms with Crippen LogP contribution in [0.1, 0.15) is 30.9 Å². The highest BCUT2D eigenvalue weighted by Crippen LogP contribution is 2.26. The molecule has 0 saturated carbocycles. The third kappa shape index (κ3) is 3.08. The van der Waals surface area contributed by atoms with E-state index in [9.17, 15) is 9.59 Å². The zero-order valence-electron chi connectivity index (χ0n) is 17.1. The first-order valence-electron chi connectivity index (χ1n) is 9.94. The number of amides is 3. The minimum atomic E-state index is -0.553. The fraction of sp³-hybridized carbons (Fsp3) is 0.524. The van der Waals surface area contributed by atoms with Gasteiger partial charge in [-0.3, -0.25) is 19.2 Å². The van der Waals surface area contributed by atoms with Crippen molar-refractivity contribution in [3.8, 4) is 0 Å². The van der Waals surface area contributed by atoms with Gasteiger partial charge >= 0.3 is 12.0 Å². The van der Waals surface area contributed by atoms with Gasteiger partial charge in [0.2, 0.25) is 11.9 Å². The van der Waals surface area contributed by atoms with Crippen LogP contribution in [0.4, 0.5) is 4.79 Å². The van der Waals surface area contributed by atoms with E-state index in [1.165, 1.54) is 15.4 Å². The second-order valence-electron chi connectivity index (χ2n) is 8.20. The monoisotopic (exact) mass is 382 g/mol. The Morgan fingerprint density at radius 2 is 1.86 bits per heavy atom. The van der Waals surface area contributed by atoms with Gasteiger partial charge in [0.25, 0.3) is 5.91 Å². The molecule has 1 aromatic carbocycles. The lowest BCUT2D eigenvalue weighted by molar-refractivity contribution is -0.545. The molecule has 0 aliphatic carbocycles. The lowest BCUT2D eigenvalue weighted by atomic mass is 10.0. The molecule has 4 rings (SSSR count). The summed E-state index contributed by atoms with van der Waals surface area (Å²) in [5.74, 6) is 1.84. The average Bonchev–Trinajstić information content (AvgIpc) is 3.04. The standard InChI is InChI=1S/C21H28N5O2/c1-14-8-10-25(11-9-14)20-22-18-17(19(27)24(4)21(28)23(18)3)26(20)13-16-7-5-6-15(2)12-16/h5-7,12,14,17H,8-11,13H2,1-4H3/q+1. The number of nitrogens with zero attached hydrogens (tertiary/aromatic N) is 5. The zero-order chi connectivity index (χ0) is 20.0. The number of urea groups is 1. The third-order valence-corrected chi connectivity index (χ3v) is 6.01. The van der Waals surface area contributed by atoms with E-state index >= 15 is 0 Å². The van der Waals surface area contributed by atoms with Gasteiger partial charge in [0, 0.05) is 14.1 Å². The summed E-state index contributed by atoms with van der Waals surface area (Å²) in [5, 5.41) is 0. The molecule has 28 heavy (non-hydrogen) atoms. The van der Waals surface area contributed by atoms with Crippen LogP contribution in [-0.4, -0.2) is 76.2 Å². The van der Waals surface area contributed by atoms with Crippen molar-refractivity contribution in [2.75, 3.05) is 27.2 Å². The van der Waals surface area contributed by atoms with E-state index in [1.54, 1.807) is 14.1 Å². The van der Waals surface area contributed by atoms with E-state index in [0.29, 0.717) is 18.3 Å². The Morgan fingerprint density at radius 1 is 1.14 bits per heavy atom. The Balaban J connectivity index is 1.76. The van der Waals surface area contributed by atoms with Crippen molar-refractivity contribution in [3.63, 3.8) is 0 Å². The number of aryl methyl sites for hydroxylation is 1. The van der Waals surface area contributed by atoms with Crippen molar-refractivity contribution >= 4 is 23.7 Å². The van der Waals surface area contributed by atoms with Gasteiger partial charge in [-0.25, -0.2) is 9.69 Å².